The van der Waals surface area contributed by atoms with Gasteiger partial charge in [-0.3, -0.25) is 9.59 Å². The van der Waals surface area contributed by atoms with Gasteiger partial charge in [-0.1, -0.05) is 17.8 Å². The number of carbonyl (C=O) groups is 2. The molecule has 0 aliphatic rings. The Morgan fingerprint density at radius 2 is 1.97 bits per heavy atom. The lowest BCUT2D eigenvalue weighted by Crippen LogP contribution is -2.35. The quantitative estimate of drug-likeness (QED) is 0.305. The van der Waals surface area contributed by atoms with Crippen molar-refractivity contribution in [1.82, 2.24) is 24.6 Å². The van der Waals surface area contributed by atoms with Crippen LogP contribution in [0.5, 0.6) is 5.75 Å². The van der Waals surface area contributed by atoms with E-state index in [0.717, 1.165) is 0 Å². The van der Waals surface area contributed by atoms with Crippen molar-refractivity contribution in [3.05, 3.63) is 66.9 Å². The van der Waals surface area contributed by atoms with Crippen LogP contribution in [0.2, 0.25) is 0 Å². The zero-order valence-corrected chi connectivity index (χ0v) is 19.3. The Hall–Kier alpha value is -3.99. The molecule has 0 bridgehead atoms. The van der Waals surface area contributed by atoms with Crippen molar-refractivity contribution in [2.24, 2.45) is 0 Å². The molecule has 2 aromatic heterocycles. The number of benzene rings is 2. The van der Waals surface area contributed by atoms with Gasteiger partial charge in [-0.15, -0.1) is 0 Å². The highest BCUT2D eigenvalue weighted by Gasteiger charge is 2.17. The summed E-state index contributed by atoms with van der Waals surface area (Å²) >= 11 is 1.23. The van der Waals surface area contributed by atoms with Crippen LogP contribution in [0.3, 0.4) is 0 Å². The average molecular weight is 481 g/mol. The van der Waals surface area contributed by atoms with Gasteiger partial charge in [-0.2, -0.15) is 5.10 Å². The van der Waals surface area contributed by atoms with Gasteiger partial charge in [0, 0.05) is 18.8 Å². The largest absolute Gasteiger partial charge is 0.497 e. The zero-order chi connectivity index (χ0) is 24.1. The molecule has 4 aromatic rings. The van der Waals surface area contributed by atoms with Crippen molar-refractivity contribution in [2.75, 3.05) is 31.8 Å². The molecule has 0 spiro atoms. The van der Waals surface area contributed by atoms with E-state index in [-0.39, 0.29) is 29.9 Å². The number of nitrogens with one attached hydrogen (secondary N) is 1. The third-order valence-corrected chi connectivity index (χ3v) is 5.88. The Morgan fingerprint density at radius 1 is 1.18 bits per heavy atom. The maximum atomic E-state index is 13.2. The fourth-order valence-electron chi connectivity index (χ4n) is 3.15. The monoisotopic (exact) mass is 480 g/mol. The molecule has 0 saturated carbocycles. The highest BCUT2D eigenvalue weighted by Crippen LogP contribution is 2.26. The van der Waals surface area contributed by atoms with Crippen LogP contribution in [0.4, 0.5) is 10.1 Å². The smallest absolute Gasteiger partial charge is 0.243 e. The van der Waals surface area contributed by atoms with Crippen molar-refractivity contribution >= 4 is 40.3 Å². The highest BCUT2D eigenvalue weighted by atomic mass is 32.2. The van der Waals surface area contributed by atoms with Gasteiger partial charge in [-0.25, -0.2) is 19.0 Å². The van der Waals surface area contributed by atoms with Crippen molar-refractivity contribution in [3.8, 4) is 11.4 Å². The molecule has 0 radical (unpaired) electrons. The molecule has 0 aliphatic carbocycles. The van der Waals surface area contributed by atoms with Gasteiger partial charge >= 0.3 is 0 Å². The Balaban J connectivity index is 1.38. The fourth-order valence-corrected chi connectivity index (χ4v) is 4.06. The van der Waals surface area contributed by atoms with Crippen LogP contribution in [0, 0.1) is 5.82 Å². The molecule has 11 heteroatoms. The molecule has 0 unspecified atom stereocenters. The fraction of sp³-hybridized carbons (Fsp3) is 0.174. The normalized spacial score (nSPS) is 10.8. The van der Waals surface area contributed by atoms with Gasteiger partial charge in [0.05, 0.1) is 36.7 Å². The minimum atomic E-state index is -0.342. The molecular formula is C23H21FN6O3S. The molecule has 2 heterocycles. The number of likely N-dealkylation sites (N-methyl/N-ethyl adjacent to an activating group) is 1. The summed E-state index contributed by atoms with van der Waals surface area (Å²) in [6, 6.07) is 12.9. The molecule has 174 valence electrons. The second-order valence-electron chi connectivity index (χ2n) is 7.27. The summed E-state index contributed by atoms with van der Waals surface area (Å²) in [5.41, 5.74) is 1.78. The predicted molar refractivity (Wildman–Crippen MR) is 127 cm³/mol. The van der Waals surface area contributed by atoms with Crippen molar-refractivity contribution < 1.29 is 18.7 Å². The summed E-state index contributed by atoms with van der Waals surface area (Å²) in [5, 5.41) is 8.33. The Kier molecular flexibility index (Phi) is 7.02. The zero-order valence-electron chi connectivity index (χ0n) is 18.4. The van der Waals surface area contributed by atoms with Gasteiger partial charge in [0.15, 0.2) is 5.65 Å². The minimum absolute atomic E-state index is 0.0801. The summed E-state index contributed by atoms with van der Waals surface area (Å²) in [4.78, 5) is 34.8. The SMILES string of the molecule is COc1cccc(NC(=O)CN(C)C(=O)CSc2ncnc3c2cnn3-c2ccc(F)cc2)c1. The number of anilines is 1. The van der Waals surface area contributed by atoms with E-state index in [4.69, 9.17) is 4.74 Å². The number of hydrogen-bond acceptors (Lipinski definition) is 7. The number of fused-ring (bicyclic) bond motifs is 1. The molecule has 2 amide bonds. The third kappa shape index (κ3) is 5.31. The number of amides is 2. The summed E-state index contributed by atoms with van der Waals surface area (Å²) in [7, 11) is 3.11. The highest BCUT2D eigenvalue weighted by molar-refractivity contribution is 8.00. The van der Waals surface area contributed by atoms with Crippen molar-refractivity contribution in [3.63, 3.8) is 0 Å². The first-order valence-electron chi connectivity index (χ1n) is 10.2. The first kappa shape index (κ1) is 23.2. The van der Waals surface area contributed by atoms with Gasteiger partial charge in [0.2, 0.25) is 11.8 Å². The van der Waals surface area contributed by atoms with Crippen LogP contribution in [-0.2, 0) is 9.59 Å². The topological polar surface area (TPSA) is 102 Å². The number of methoxy groups -OCH3 is 1. The van der Waals surface area contributed by atoms with E-state index in [9.17, 15) is 14.0 Å². The van der Waals surface area contributed by atoms with E-state index in [1.54, 1.807) is 61.4 Å². The lowest BCUT2D eigenvalue weighted by molar-refractivity contribution is -0.131. The van der Waals surface area contributed by atoms with Crippen LogP contribution in [0.1, 0.15) is 0 Å². The first-order chi connectivity index (χ1) is 16.4. The number of ether oxygens (including phenoxy) is 1. The van der Waals surface area contributed by atoms with E-state index in [1.807, 2.05) is 0 Å². The number of aromatic nitrogens is 4. The minimum Gasteiger partial charge on any atom is -0.497 e. The van der Waals surface area contributed by atoms with Crippen LogP contribution in [0.25, 0.3) is 16.7 Å². The third-order valence-electron chi connectivity index (χ3n) is 4.89. The van der Waals surface area contributed by atoms with E-state index in [2.05, 4.69) is 20.4 Å². The summed E-state index contributed by atoms with van der Waals surface area (Å²) in [6.45, 7) is -0.0989. The number of carbonyl (C=O) groups excluding carboxylic acids is 2. The van der Waals surface area contributed by atoms with Gasteiger partial charge in [-0.05, 0) is 36.4 Å². The van der Waals surface area contributed by atoms with Gasteiger partial charge in [0.25, 0.3) is 0 Å². The van der Waals surface area contributed by atoms with Gasteiger partial charge < -0.3 is 15.0 Å². The van der Waals surface area contributed by atoms with E-state index in [0.29, 0.717) is 33.2 Å². The number of nitrogens with zero attached hydrogens (tertiary/aromatic N) is 5. The molecule has 4 rings (SSSR count). The lowest BCUT2D eigenvalue weighted by Gasteiger charge is -2.16. The van der Waals surface area contributed by atoms with Crippen LogP contribution >= 0.6 is 11.8 Å². The maximum Gasteiger partial charge on any atom is 0.243 e. The van der Waals surface area contributed by atoms with Crippen molar-refractivity contribution in [1.29, 1.82) is 0 Å². The molecule has 0 atom stereocenters. The van der Waals surface area contributed by atoms with Crippen LogP contribution in [-0.4, -0.2) is 62.9 Å². The Bertz CT molecular complexity index is 1330. The summed E-state index contributed by atoms with van der Waals surface area (Å²) < 4.78 is 20.0. The predicted octanol–water partition coefficient (Wildman–Crippen LogP) is 3.15. The standard InChI is InChI=1S/C23H21FN6O3S/c1-29(12-20(31)28-16-4-3-5-18(10-16)33-2)21(32)13-34-23-19-11-27-30(22(19)25-14-26-23)17-8-6-15(24)7-9-17/h3-11,14H,12-13H2,1-2H3,(H,28,31). The van der Waals surface area contributed by atoms with E-state index in [1.165, 1.54) is 35.1 Å². The second-order valence-corrected chi connectivity index (χ2v) is 8.23. The number of thioether (sulfide) groups is 1. The second kappa shape index (κ2) is 10.3. The number of halogens is 1. The summed E-state index contributed by atoms with van der Waals surface area (Å²) in [5.74, 6) is -0.192. The maximum absolute atomic E-state index is 13.2. The first-order valence-corrected chi connectivity index (χ1v) is 11.2. The molecular weight excluding hydrogens is 459 g/mol. The molecule has 9 nitrogen and oxygen atoms in total. The molecule has 0 fully saturated rings. The number of hydrogen-bond donors (Lipinski definition) is 1. The summed E-state index contributed by atoms with van der Waals surface area (Å²) in [6.07, 6.45) is 3.00. The van der Waals surface area contributed by atoms with Crippen molar-refractivity contribution in [2.45, 2.75) is 5.03 Å². The molecule has 2 aromatic carbocycles. The molecule has 34 heavy (non-hydrogen) atoms. The average Bonchev–Trinajstić information content (AvgIpc) is 3.27. The van der Waals surface area contributed by atoms with Gasteiger partial charge in [0.1, 0.15) is 22.9 Å². The Morgan fingerprint density at radius 3 is 2.74 bits per heavy atom. The molecule has 0 aliphatic heterocycles. The Labute approximate surface area is 198 Å². The van der Waals surface area contributed by atoms with E-state index < -0.39 is 0 Å². The molecule has 1 N–H and O–H groups in total. The van der Waals surface area contributed by atoms with Crippen LogP contribution < -0.4 is 10.1 Å². The van der Waals surface area contributed by atoms with Crippen LogP contribution in [0.15, 0.2) is 66.1 Å². The molecule has 0 saturated heterocycles. The van der Waals surface area contributed by atoms with E-state index >= 15 is 0 Å². The lowest BCUT2D eigenvalue weighted by atomic mass is 10.3. The number of rotatable bonds is 8.